The Morgan fingerprint density at radius 3 is 2.67 bits per heavy atom. The van der Waals surface area contributed by atoms with Gasteiger partial charge in [0.05, 0.1) is 12.7 Å². The molecule has 2 aliphatic carbocycles. The highest BCUT2D eigenvalue weighted by molar-refractivity contribution is 5.13. The summed E-state index contributed by atoms with van der Waals surface area (Å²) in [5, 5.41) is 0. The first kappa shape index (κ1) is 12.1. The maximum atomic E-state index is 13.6. The van der Waals surface area contributed by atoms with E-state index in [0.29, 0.717) is 19.4 Å². The smallest absolute Gasteiger partial charge is 0.251 e. The minimum absolute atomic E-state index is 0.0311. The van der Waals surface area contributed by atoms with Gasteiger partial charge in [-0.05, 0) is 30.7 Å². The molecule has 0 bridgehead atoms. The van der Waals surface area contributed by atoms with E-state index in [-0.39, 0.29) is 18.4 Å². The topological polar surface area (TPSA) is 9.23 Å². The van der Waals surface area contributed by atoms with E-state index in [1.54, 1.807) is 0 Å². The first-order valence-electron chi connectivity index (χ1n) is 6.70. The second-order valence-corrected chi connectivity index (χ2v) is 5.48. The van der Waals surface area contributed by atoms with Gasteiger partial charge >= 0.3 is 0 Å². The minimum atomic E-state index is -2.45. The van der Waals surface area contributed by atoms with Gasteiger partial charge < -0.3 is 4.74 Å². The van der Waals surface area contributed by atoms with Crippen LogP contribution in [0.3, 0.4) is 0 Å². The lowest BCUT2D eigenvalue weighted by molar-refractivity contribution is -0.0488. The van der Waals surface area contributed by atoms with Crippen molar-refractivity contribution in [1.82, 2.24) is 0 Å². The molecular formula is C15H18F2O. The molecular weight excluding hydrogens is 234 g/mol. The van der Waals surface area contributed by atoms with Gasteiger partial charge in [0.1, 0.15) is 0 Å². The summed E-state index contributed by atoms with van der Waals surface area (Å²) < 4.78 is 33.0. The van der Waals surface area contributed by atoms with Crippen molar-refractivity contribution in [2.24, 2.45) is 11.8 Å². The molecule has 2 fully saturated rings. The molecule has 0 spiro atoms. The Labute approximate surface area is 106 Å². The molecule has 0 aliphatic heterocycles. The number of alkyl halides is 2. The minimum Gasteiger partial charge on any atom is -0.373 e. The number of ether oxygens (including phenoxy) is 1. The van der Waals surface area contributed by atoms with Crippen molar-refractivity contribution in [3.8, 4) is 0 Å². The summed E-state index contributed by atoms with van der Waals surface area (Å²) in [5.41, 5.74) is 1.12. The van der Waals surface area contributed by atoms with Gasteiger partial charge in [-0.25, -0.2) is 8.78 Å². The van der Waals surface area contributed by atoms with Gasteiger partial charge in [-0.2, -0.15) is 0 Å². The molecule has 0 amide bonds. The van der Waals surface area contributed by atoms with Crippen LogP contribution in [0.25, 0.3) is 0 Å². The second-order valence-electron chi connectivity index (χ2n) is 5.48. The molecule has 1 aromatic rings. The van der Waals surface area contributed by atoms with Crippen LogP contribution in [-0.4, -0.2) is 12.0 Å². The first-order valence-corrected chi connectivity index (χ1v) is 6.70. The Bertz CT molecular complexity index is 404. The lowest BCUT2D eigenvalue weighted by Gasteiger charge is -2.20. The SMILES string of the molecule is FC1(F)CC[C@H]2[C@@H](OCc3ccccc3)CC[C@H]21. The molecule has 0 aromatic heterocycles. The van der Waals surface area contributed by atoms with Crippen LogP contribution < -0.4 is 0 Å². The van der Waals surface area contributed by atoms with Gasteiger partial charge in [0.15, 0.2) is 0 Å². The molecule has 0 saturated heterocycles. The quantitative estimate of drug-likeness (QED) is 0.789. The standard InChI is InChI=1S/C15H18F2O/c16-15(17)9-8-12-13(15)6-7-14(12)18-10-11-4-2-1-3-5-11/h1-5,12-14H,6-10H2/t12-,13-,14+/m1/s1. The molecule has 0 heterocycles. The Morgan fingerprint density at radius 2 is 1.89 bits per heavy atom. The van der Waals surface area contributed by atoms with E-state index >= 15 is 0 Å². The molecule has 0 N–H and O–H groups in total. The zero-order valence-corrected chi connectivity index (χ0v) is 10.3. The zero-order chi connectivity index (χ0) is 12.6. The van der Waals surface area contributed by atoms with E-state index in [4.69, 9.17) is 4.74 Å². The lowest BCUT2D eigenvalue weighted by atomic mass is 9.97. The zero-order valence-electron chi connectivity index (χ0n) is 10.3. The summed E-state index contributed by atoms with van der Waals surface area (Å²) in [4.78, 5) is 0. The molecule has 0 radical (unpaired) electrons. The molecule has 2 saturated carbocycles. The normalized spacial score (nSPS) is 33.6. The molecule has 3 rings (SSSR count). The van der Waals surface area contributed by atoms with Crippen LogP contribution in [0.5, 0.6) is 0 Å². The highest BCUT2D eigenvalue weighted by Crippen LogP contribution is 2.53. The monoisotopic (exact) mass is 252 g/mol. The number of benzene rings is 1. The Kier molecular flexibility index (Phi) is 3.10. The van der Waals surface area contributed by atoms with Crippen molar-refractivity contribution in [1.29, 1.82) is 0 Å². The van der Waals surface area contributed by atoms with Crippen molar-refractivity contribution in [2.75, 3.05) is 0 Å². The summed E-state index contributed by atoms with van der Waals surface area (Å²) in [5.74, 6) is -2.81. The van der Waals surface area contributed by atoms with Gasteiger partial charge in [-0.3, -0.25) is 0 Å². The van der Waals surface area contributed by atoms with E-state index in [9.17, 15) is 8.78 Å². The summed E-state index contributed by atoms with van der Waals surface area (Å²) in [6.07, 6.45) is 2.11. The Balaban J connectivity index is 1.59. The highest BCUT2D eigenvalue weighted by atomic mass is 19.3. The van der Waals surface area contributed by atoms with Crippen molar-refractivity contribution in [2.45, 2.75) is 44.3 Å². The molecule has 98 valence electrons. The molecule has 1 nitrogen and oxygen atoms in total. The van der Waals surface area contributed by atoms with Crippen LogP contribution in [0.15, 0.2) is 30.3 Å². The van der Waals surface area contributed by atoms with Crippen molar-refractivity contribution >= 4 is 0 Å². The van der Waals surface area contributed by atoms with Gasteiger partial charge in [0.2, 0.25) is 0 Å². The van der Waals surface area contributed by atoms with Gasteiger partial charge in [0.25, 0.3) is 5.92 Å². The first-order chi connectivity index (χ1) is 8.67. The number of hydrogen-bond donors (Lipinski definition) is 0. The fourth-order valence-electron chi connectivity index (χ4n) is 3.47. The largest absolute Gasteiger partial charge is 0.373 e. The van der Waals surface area contributed by atoms with E-state index in [0.717, 1.165) is 12.0 Å². The van der Waals surface area contributed by atoms with E-state index in [1.165, 1.54) is 0 Å². The summed E-state index contributed by atoms with van der Waals surface area (Å²) >= 11 is 0. The van der Waals surface area contributed by atoms with Gasteiger partial charge in [-0.15, -0.1) is 0 Å². The van der Waals surface area contributed by atoms with Crippen molar-refractivity contribution in [3.63, 3.8) is 0 Å². The Morgan fingerprint density at radius 1 is 1.11 bits per heavy atom. The summed E-state index contributed by atoms with van der Waals surface area (Å²) in [7, 11) is 0. The summed E-state index contributed by atoms with van der Waals surface area (Å²) in [6, 6.07) is 9.93. The fraction of sp³-hybridized carbons (Fsp3) is 0.600. The molecule has 3 heteroatoms. The van der Waals surface area contributed by atoms with Crippen LogP contribution >= 0.6 is 0 Å². The van der Waals surface area contributed by atoms with Crippen LogP contribution in [0.4, 0.5) is 8.78 Å². The van der Waals surface area contributed by atoms with Gasteiger partial charge in [0, 0.05) is 12.3 Å². The van der Waals surface area contributed by atoms with Gasteiger partial charge in [-0.1, -0.05) is 30.3 Å². The number of fused-ring (bicyclic) bond motifs is 1. The highest BCUT2D eigenvalue weighted by Gasteiger charge is 2.55. The molecule has 18 heavy (non-hydrogen) atoms. The predicted octanol–water partition coefficient (Wildman–Crippen LogP) is 4.03. The van der Waals surface area contributed by atoms with Crippen LogP contribution in [0, 0.1) is 11.8 Å². The molecule has 3 atom stereocenters. The second kappa shape index (κ2) is 4.61. The third kappa shape index (κ3) is 2.16. The maximum Gasteiger partial charge on any atom is 0.251 e. The van der Waals surface area contributed by atoms with E-state index in [1.807, 2.05) is 30.3 Å². The third-order valence-electron chi connectivity index (χ3n) is 4.42. The third-order valence-corrected chi connectivity index (χ3v) is 4.42. The number of halogens is 2. The average molecular weight is 252 g/mol. The van der Waals surface area contributed by atoms with E-state index < -0.39 is 11.8 Å². The maximum absolute atomic E-state index is 13.6. The molecule has 2 aliphatic rings. The predicted molar refractivity (Wildman–Crippen MR) is 65.4 cm³/mol. The fourth-order valence-corrected chi connectivity index (χ4v) is 3.47. The molecule has 0 unspecified atom stereocenters. The van der Waals surface area contributed by atoms with Crippen LogP contribution in [0.2, 0.25) is 0 Å². The number of rotatable bonds is 3. The summed E-state index contributed by atoms with van der Waals surface area (Å²) in [6.45, 7) is 0.542. The van der Waals surface area contributed by atoms with E-state index in [2.05, 4.69) is 0 Å². The van der Waals surface area contributed by atoms with Crippen LogP contribution in [0.1, 0.15) is 31.2 Å². The average Bonchev–Trinajstić information content (AvgIpc) is 2.90. The van der Waals surface area contributed by atoms with Crippen LogP contribution in [-0.2, 0) is 11.3 Å². The van der Waals surface area contributed by atoms with Crippen molar-refractivity contribution < 1.29 is 13.5 Å². The molecule has 1 aromatic carbocycles. The Hall–Kier alpha value is -0.960. The van der Waals surface area contributed by atoms with Crippen molar-refractivity contribution in [3.05, 3.63) is 35.9 Å². The number of hydrogen-bond acceptors (Lipinski definition) is 1. The lowest BCUT2D eigenvalue weighted by Crippen LogP contribution is -2.25.